The minimum atomic E-state index is -1.21. The highest BCUT2D eigenvalue weighted by Crippen LogP contribution is 2.18. The van der Waals surface area contributed by atoms with Crippen molar-refractivity contribution in [3.05, 3.63) is 65.6 Å². The van der Waals surface area contributed by atoms with Gasteiger partial charge in [0.1, 0.15) is 11.3 Å². The number of pyridine rings is 2. The Hall–Kier alpha value is -3.95. The number of rotatable bonds is 5. The SMILES string of the molecule is Cn1ncc(C(=O)O)c1C(=O)Cc1ccn2nc(-c3ccnc(F)c3)nc2c1. The van der Waals surface area contributed by atoms with Gasteiger partial charge in [-0.05, 0) is 23.8 Å². The highest BCUT2D eigenvalue weighted by Gasteiger charge is 2.22. The average Bonchev–Trinajstić information content (AvgIpc) is 3.25. The zero-order chi connectivity index (χ0) is 19.8. The Labute approximate surface area is 157 Å². The molecule has 0 fully saturated rings. The number of carbonyl (C=O) groups is 2. The van der Waals surface area contributed by atoms with Gasteiger partial charge in [-0.3, -0.25) is 9.48 Å². The Bertz CT molecular complexity index is 1230. The van der Waals surface area contributed by atoms with E-state index in [9.17, 15) is 19.1 Å². The molecule has 1 N–H and O–H groups in total. The van der Waals surface area contributed by atoms with E-state index in [0.29, 0.717) is 22.6 Å². The van der Waals surface area contributed by atoms with Gasteiger partial charge >= 0.3 is 5.97 Å². The first-order valence-electron chi connectivity index (χ1n) is 8.18. The van der Waals surface area contributed by atoms with Crippen molar-refractivity contribution in [3.63, 3.8) is 0 Å². The van der Waals surface area contributed by atoms with E-state index in [-0.39, 0.29) is 23.5 Å². The molecule has 4 aromatic heterocycles. The predicted octanol–water partition coefficient (Wildman–Crippen LogP) is 1.79. The van der Waals surface area contributed by atoms with Crippen LogP contribution in [0.4, 0.5) is 4.39 Å². The third kappa shape index (κ3) is 3.11. The van der Waals surface area contributed by atoms with Crippen LogP contribution in [-0.2, 0) is 13.5 Å². The number of Topliss-reactive ketones (excluding diaryl/α,β-unsaturated/α-hetero) is 1. The third-order valence-electron chi connectivity index (χ3n) is 4.18. The van der Waals surface area contributed by atoms with E-state index in [4.69, 9.17) is 0 Å². The zero-order valence-electron chi connectivity index (χ0n) is 14.6. The van der Waals surface area contributed by atoms with Gasteiger partial charge in [-0.1, -0.05) is 0 Å². The van der Waals surface area contributed by atoms with Gasteiger partial charge in [0.05, 0.1) is 6.20 Å². The van der Waals surface area contributed by atoms with Crippen molar-refractivity contribution in [1.29, 1.82) is 0 Å². The molecule has 10 heteroatoms. The summed E-state index contributed by atoms with van der Waals surface area (Å²) in [6.07, 6.45) is 4.08. The van der Waals surface area contributed by atoms with Gasteiger partial charge in [0, 0.05) is 37.5 Å². The third-order valence-corrected chi connectivity index (χ3v) is 4.18. The summed E-state index contributed by atoms with van der Waals surface area (Å²) >= 11 is 0. The molecule has 0 saturated heterocycles. The standard InChI is InChI=1S/C18H13FN6O3/c1-24-16(12(9-21-24)18(27)28)13(26)6-10-3-5-25-15(7-10)22-17(23-25)11-2-4-20-14(19)8-11/h2-5,7-9H,6H2,1H3,(H,27,28). The second kappa shape index (κ2) is 6.65. The molecule has 4 aromatic rings. The molecular weight excluding hydrogens is 367 g/mol. The lowest BCUT2D eigenvalue weighted by molar-refractivity contribution is 0.0691. The highest BCUT2D eigenvalue weighted by atomic mass is 19.1. The van der Waals surface area contributed by atoms with E-state index in [0.717, 1.165) is 6.20 Å². The van der Waals surface area contributed by atoms with Gasteiger partial charge in [-0.2, -0.15) is 9.49 Å². The van der Waals surface area contributed by atoms with E-state index >= 15 is 0 Å². The molecule has 140 valence electrons. The first-order valence-corrected chi connectivity index (χ1v) is 8.18. The van der Waals surface area contributed by atoms with Crippen molar-refractivity contribution in [2.45, 2.75) is 6.42 Å². The maximum absolute atomic E-state index is 13.3. The van der Waals surface area contributed by atoms with E-state index in [1.807, 2.05) is 0 Å². The number of aromatic nitrogens is 6. The molecule has 0 aliphatic rings. The van der Waals surface area contributed by atoms with Crippen molar-refractivity contribution in [3.8, 4) is 11.4 Å². The summed E-state index contributed by atoms with van der Waals surface area (Å²) in [5.74, 6) is -1.89. The first kappa shape index (κ1) is 17.5. The second-order valence-electron chi connectivity index (χ2n) is 6.08. The van der Waals surface area contributed by atoms with Gasteiger partial charge in [0.15, 0.2) is 17.3 Å². The van der Waals surface area contributed by atoms with Crippen LogP contribution < -0.4 is 0 Å². The summed E-state index contributed by atoms with van der Waals surface area (Å²) in [4.78, 5) is 31.7. The van der Waals surface area contributed by atoms with Crippen LogP contribution in [0, 0.1) is 5.95 Å². The largest absolute Gasteiger partial charge is 0.478 e. The number of hydrogen-bond acceptors (Lipinski definition) is 6. The summed E-state index contributed by atoms with van der Waals surface area (Å²) < 4.78 is 16.1. The zero-order valence-corrected chi connectivity index (χ0v) is 14.6. The number of nitrogens with zero attached hydrogens (tertiary/aromatic N) is 6. The number of fused-ring (bicyclic) bond motifs is 1. The van der Waals surface area contributed by atoms with Crippen LogP contribution in [0.2, 0.25) is 0 Å². The van der Waals surface area contributed by atoms with Crippen LogP contribution in [0.1, 0.15) is 26.4 Å². The summed E-state index contributed by atoms with van der Waals surface area (Å²) in [6, 6.07) is 6.18. The number of carbonyl (C=O) groups excluding carboxylic acids is 1. The number of aromatic carboxylic acids is 1. The van der Waals surface area contributed by atoms with Gasteiger partial charge < -0.3 is 5.11 Å². The van der Waals surface area contributed by atoms with Crippen molar-refractivity contribution in [1.82, 2.24) is 29.4 Å². The van der Waals surface area contributed by atoms with Gasteiger partial charge in [0.25, 0.3) is 0 Å². The molecule has 0 saturated carbocycles. The maximum Gasteiger partial charge on any atom is 0.339 e. The maximum atomic E-state index is 13.3. The average molecular weight is 380 g/mol. The summed E-state index contributed by atoms with van der Waals surface area (Å²) in [5.41, 5.74) is 1.48. The van der Waals surface area contributed by atoms with Crippen LogP contribution in [0.5, 0.6) is 0 Å². The number of hydrogen-bond donors (Lipinski definition) is 1. The van der Waals surface area contributed by atoms with Gasteiger partial charge in [-0.25, -0.2) is 19.3 Å². The minimum absolute atomic E-state index is 0.0254. The molecule has 28 heavy (non-hydrogen) atoms. The molecule has 0 atom stereocenters. The monoisotopic (exact) mass is 380 g/mol. The van der Waals surface area contributed by atoms with Crippen molar-refractivity contribution >= 4 is 17.4 Å². The smallest absolute Gasteiger partial charge is 0.339 e. The van der Waals surface area contributed by atoms with Gasteiger partial charge in [0.2, 0.25) is 5.95 Å². The van der Waals surface area contributed by atoms with Crippen molar-refractivity contribution in [2.75, 3.05) is 0 Å². The molecule has 0 bridgehead atoms. The predicted molar refractivity (Wildman–Crippen MR) is 94.4 cm³/mol. The number of carboxylic acid groups (broad SMARTS) is 1. The summed E-state index contributed by atoms with van der Waals surface area (Å²) in [7, 11) is 1.52. The quantitative estimate of drug-likeness (QED) is 0.414. The van der Waals surface area contributed by atoms with Crippen molar-refractivity contribution < 1.29 is 19.1 Å². The molecule has 4 rings (SSSR count). The fraction of sp³-hybridized carbons (Fsp3) is 0.111. The molecule has 0 aliphatic heterocycles. The van der Waals surface area contributed by atoms with Crippen LogP contribution in [0.3, 0.4) is 0 Å². The number of aryl methyl sites for hydroxylation is 1. The Kier molecular flexibility index (Phi) is 4.15. The number of ketones is 1. The highest BCUT2D eigenvalue weighted by molar-refractivity contribution is 6.05. The van der Waals surface area contributed by atoms with Crippen LogP contribution >= 0.6 is 0 Å². The van der Waals surface area contributed by atoms with E-state index in [2.05, 4.69) is 20.2 Å². The van der Waals surface area contributed by atoms with Gasteiger partial charge in [-0.15, -0.1) is 5.10 Å². The van der Waals surface area contributed by atoms with E-state index in [1.54, 1.807) is 24.4 Å². The summed E-state index contributed by atoms with van der Waals surface area (Å²) in [6.45, 7) is 0. The molecule has 9 nitrogen and oxygen atoms in total. The van der Waals surface area contributed by atoms with Crippen LogP contribution in [-0.4, -0.2) is 46.2 Å². The number of carboxylic acids is 1. The fourth-order valence-corrected chi connectivity index (χ4v) is 2.89. The van der Waals surface area contributed by atoms with Crippen molar-refractivity contribution in [2.24, 2.45) is 7.05 Å². The Balaban J connectivity index is 1.64. The van der Waals surface area contributed by atoms with E-state index < -0.39 is 11.9 Å². The molecule has 0 aromatic carbocycles. The molecule has 4 heterocycles. The first-order chi connectivity index (χ1) is 13.4. The Morgan fingerprint density at radius 3 is 2.82 bits per heavy atom. The van der Waals surface area contributed by atoms with Crippen LogP contribution in [0.25, 0.3) is 17.0 Å². The number of halogens is 1. The normalized spacial score (nSPS) is 11.1. The fourth-order valence-electron chi connectivity index (χ4n) is 2.89. The lowest BCUT2D eigenvalue weighted by Crippen LogP contribution is -2.14. The Morgan fingerprint density at radius 2 is 2.07 bits per heavy atom. The second-order valence-corrected chi connectivity index (χ2v) is 6.08. The topological polar surface area (TPSA) is 115 Å². The minimum Gasteiger partial charge on any atom is -0.478 e. The molecule has 0 aliphatic carbocycles. The molecule has 0 radical (unpaired) electrons. The summed E-state index contributed by atoms with van der Waals surface area (Å²) in [5, 5.41) is 17.3. The molecule has 0 amide bonds. The molecule has 0 unspecified atom stereocenters. The van der Waals surface area contributed by atoms with Crippen LogP contribution in [0.15, 0.2) is 42.9 Å². The van der Waals surface area contributed by atoms with E-state index in [1.165, 1.54) is 28.5 Å². The molecule has 0 spiro atoms. The molecular formula is C18H13FN6O3. The lowest BCUT2D eigenvalue weighted by atomic mass is 10.1. The lowest BCUT2D eigenvalue weighted by Gasteiger charge is -2.04. The Morgan fingerprint density at radius 1 is 1.25 bits per heavy atom.